The second kappa shape index (κ2) is 6.85. The van der Waals surface area contributed by atoms with Gasteiger partial charge in [-0.15, -0.1) is 0 Å². The average Bonchev–Trinajstić information content (AvgIpc) is 2.47. The maximum atomic E-state index is 11.1. The van der Waals surface area contributed by atoms with Crippen molar-refractivity contribution in [2.75, 3.05) is 18.1 Å². The van der Waals surface area contributed by atoms with Crippen LogP contribution in [0.3, 0.4) is 0 Å². The number of carbonyl (C=O) groups is 1. The van der Waals surface area contributed by atoms with E-state index in [2.05, 4.69) is 4.98 Å². The number of anilines is 1. The Hall–Kier alpha value is -2.40. The number of aromatic nitrogens is 1. The molecule has 1 aromatic carbocycles. The molecular formula is C16H18N2O3. The lowest BCUT2D eigenvalue weighted by atomic mass is 10.2. The summed E-state index contributed by atoms with van der Waals surface area (Å²) in [7, 11) is 0. The van der Waals surface area contributed by atoms with Crippen molar-refractivity contribution < 1.29 is 15.0 Å². The van der Waals surface area contributed by atoms with Crippen molar-refractivity contribution >= 4 is 11.8 Å². The molecule has 1 aromatic heterocycles. The highest BCUT2D eigenvalue weighted by atomic mass is 16.4. The van der Waals surface area contributed by atoms with Gasteiger partial charge in [0.2, 0.25) is 0 Å². The summed E-state index contributed by atoms with van der Waals surface area (Å²) in [5, 5.41) is 18.4. The zero-order valence-corrected chi connectivity index (χ0v) is 11.9. The molecule has 0 spiro atoms. The Morgan fingerprint density at radius 1 is 1.24 bits per heavy atom. The van der Waals surface area contributed by atoms with Crippen LogP contribution in [0.25, 0.3) is 0 Å². The first-order chi connectivity index (χ1) is 10.1. The molecule has 0 aliphatic carbocycles. The summed E-state index contributed by atoms with van der Waals surface area (Å²) < 4.78 is 0. The topological polar surface area (TPSA) is 73.7 Å². The van der Waals surface area contributed by atoms with E-state index in [0.29, 0.717) is 24.6 Å². The van der Waals surface area contributed by atoms with Crippen LogP contribution in [0.15, 0.2) is 42.5 Å². The highest BCUT2D eigenvalue weighted by molar-refractivity contribution is 5.88. The fraction of sp³-hybridized carbons (Fsp3) is 0.250. The Balaban J connectivity index is 2.31. The molecule has 0 saturated heterocycles. The number of rotatable bonds is 6. The van der Waals surface area contributed by atoms with E-state index in [4.69, 9.17) is 5.11 Å². The van der Waals surface area contributed by atoms with Gasteiger partial charge in [0.25, 0.3) is 0 Å². The Morgan fingerprint density at radius 3 is 2.57 bits per heavy atom. The smallest absolute Gasteiger partial charge is 0.335 e. The van der Waals surface area contributed by atoms with Crippen LogP contribution < -0.4 is 4.90 Å². The molecule has 110 valence electrons. The third-order valence-electron chi connectivity index (χ3n) is 3.10. The first-order valence-corrected chi connectivity index (χ1v) is 6.72. The third-order valence-corrected chi connectivity index (χ3v) is 3.10. The zero-order valence-electron chi connectivity index (χ0n) is 11.9. The lowest BCUT2D eigenvalue weighted by Crippen LogP contribution is -2.27. The number of hydrogen-bond acceptors (Lipinski definition) is 4. The average molecular weight is 286 g/mol. The largest absolute Gasteiger partial charge is 0.478 e. The minimum atomic E-state index is -0.981. The van der Waals surface area contributed by atoms with Crippen LogP contribution in [0.1, 0.15) is 21.6 Å². The molecule has 0 saturated carbocycles. The van der Waals surface area contributed by atoms with Crippen molar-refractivity contribution in [1.29, 1.82) is 0 Å². The number of aliphatic hydroxyl groups is 1. The van der Waals surface area contributed by atoms with Gasteiger partial charge in [-0.2, -0.15) is 0 Å². The van der Waals surface area contributed by atoms with Gasteiger partial charge in [-0.25, -0.2) is 9.78 Å². The van der Waals surface area contributed by atoms with Crippen LogP contribution in [0.4, 0.5) is 5.82 Å². The summed E-state index contributed by atoms with van der Waals surface area (Å²) in [5.41, 5.74) is 1.92. The lowest BCUT2D eigenvalue weighted by molar-refractivity contribution is 0.0696. The predicted molar refractivity (Wildman–Crippen MR) is 80.5 cm³/mol. The van der Waals surface area contributed by atoms with Gasteiger partial charge >= 0.3 is 5.97 Å². The van der Waals surface area contributed by atoms with Crippen molar-refractivity contribution in [2.45, 2.75) is 13.5 Å². The van der Waals surface area contributed by atoms with E-state index in [-0.39, 0.29) is 12.2 Å². The van der Waals surface area contributed by atoms with Crippen LogP contribution in [0.5, 0.6) is 0 Å². The van der Waals surface area contributed by atoms with E-state index < -0.39 is 5.97 Å². The van der Waals surface area contributed by atoms with E-state index in [1.807, 2.05) is 35.2 Å². The highest BCUT2D eigenvalue weighted by Gasteiger charge is 2.13. The van der Waals surface area contributed by atoms with Crippen LogP contribution in [0, 0.1) is 6.92 Å². The number of aromatic carboxylic acids is 1. The molecule has 5 nitrogen and oxygen atoms in total. The van der Waals surface area contributed by atoms with Gasteiger partial charge in [0.1, 0.15) is 5.82 Å². The van der Waals surface area contributed by atoms with Gasteiger partial charge in [-0.05, 0) is 24.6 Å². The van der Waals surface area contributed by atoms with Crippen LogP contribution in [-0.2, 0) is 6.54 Å². The van der Waals surface area contributed by atoms with Crippen molar-refractivity contribution in [2.24, 2.45) is 0 Å². The van der Waals surface area contributed by atoms with Gasteiger partial charge in [0.05, 0.1) is 12.2 Å². The lowest BCUT2D eigenvalue weighted by Gasteiger charge is -2.23. The van der Waals surface area contributed by atoms with E-state index in [9.17, 15) is 9.90 Å². The molecule has 0 atom stereocenters. The van der Waals surface area contributed by atoms with Crippen LogP contribution in [-0.4, -0.2) is 34.3 Å². The van der Waals surface area contributed by atoms with Crippen LogP contribution >= 0.6 is 0 Å². The molecule has 5 heteroatoms. The Kier molecular flexibility index (Phi) is 4.90. The van der Waals surface area contributed by atoms with Crippen molar-refractivity contribution in [3.8, 4) is 0 Å². The molecule has 1 heterocycles. The number of carboxylic acids is 1. The van der Waals surface area contributed by atoms with Crippen molar-refractivity contribution in [3.63, 3.8) is 0 Å². The Labute approximate surface area is 123 Å². The van der Waals surface area contributed by atoms with Gasteiger partial charge in [0.15, 0.2) is 0 Å². The number of aliphatic hydroxyl groups excluding tert-OH is 1. The molecule has 0 fully saturated rings. The SMILES string of the molecule is Cc1cc(C(=O)O)cc(N(CCO)Cc2ccccc2)n1. The van der Waals surface area contributed by atoms with Crippen molar-refractivity contribution in [3.05, 3.63) is 59.3 Å². The summed E-state index contributed by atoms with van der Waals surface area (Å²) >= 11 is 0. The molecule has 0 aliphatic heterocycles. The molecule has 0 radical (unpaired) electrons. The highest BCUT2D eigenvalue weighted by Crippen LogP contribution is 2.17. The molecule has 0 aliphatic rings. The minimum Gasteiger partial charge on any atom is -0.478 e. The molecule has 2 N–H and O–H groups in total. The number of hydrogen-bond donors (Lipinski definition) is 2. The summed E-state index contributed by atoms with van der Waals surface area (Å²) in [6.07, 6.45) is 0. The summed E-state index contributed by atoms with van der Waals surface area (Å²) in [5.74, 6) is -0.421. The van der Waals surface area contributed by atoms with Crippen LogP contribution in [0.2, 0.25) is 0 Å². The number of benzene rings is 1. The maximum absolute atomic E-state index is 11.1. The summed E-state index contributed by atoms with van der Waals surface area (Å²) in [4.78, 5) is 17.4. The second-order valence-electron chi connectivity index (χ2n) is 4.79. The Morgan fingerprint density at radius 2 is 1.95 bits per heavy atom. The van der Waals surface area contributed by atoms with E-state index in [1.54, 1.807) is 6.92 Å². The standard InChI is InChI=1S/C16H18N2O3/c1-12-9-14(16(20)21)10-15(17-12)18(7-8-19)11-13-5-3-2-4-6-13/h2-6,9-10,19H,7-8,11H2,1H3,(H,20,21). The van der Waals surface area contributed by atoms with E-state index in [0.717, 1.165) is 5.56 Å². The number of carboxylic acid groups (broad SMARTS) is 1. The van der Waals surface area contributed by atoms with Gasteiger partial charge < -0.3 is 15.1 Å². The molecular weight excluding hydrogens is 268 g/mol. The third kappa shape index (κ3) is 4.03. The number of nitrogens with zero attached hydrogens (tertiary/aromatic N) is 2. The maximum Gasteiger partial charge on any atom is 0.335 e. The minimum absolute atomic E-state index is 0.0230. The number of pyridine rings is 1. The fourth-order valence-electron chi connectivity index (χ4n) is 2.14. The van der Waals surface area contributed by atoms with Crippen molar-refractivity contribution in [1.82, 2.24) is 4.98 Å². The Bertz CT molecular complexity index is 614. The second-order valence-corrected chi connectivity index (χ2v) is 4.79. The predicted octanol–water partition coefficient (Wildman–Crippen LogP) is 2.09. The van der Waals surface area contributed by atoms with Gasteiger partial charge in [-0.3, -0.25) is 0 Å². The molecule has 2 rings (SSSR count). The van der Waals surface area contributed by atoms with Gasteiger partial charge in [0, 0.05) is 18.8 Å². The molecule has 21 heavy (non-hydrogen) atoms. The summed E-state index contributed by atoms with van der Waals surface area (Å²) in [6.45, 7) is 2.70. The molecule has 2 aromatic rings. The quantitative estimate of drug-likeness (QED) is 0.850. The normalized spacial score (nSPS) is 10.4. The zero-order chi connectivity index (χ0) is 15.2. The first-order valence-electron chi connectivity index (χ1n) is 6.72. The molecule has 0 bridgehead atoms. The first kappa shape index (κ1) is 15.0. The van der Waals surface area contributed by atoms with E-state index in [1.165, 1.54) is 12.1 Å². The molecule has 0 amide bonds. The van der Waals surface area contributed by atoms with E-state index >= 15 is 0 Å². The molecule has 0 unspecified atom stereocenters. The van der Waals surface area contributed by atoms with Gasteiger partial charge in [-0.1, -0.05) is 30.3 Å². The number of aryl methyl sites for hydroxylation is 1. The summed E-state index contributed by atoms with van der Waals surface area (Å²) in [6, 6.07) is 12.9. The fourth-order valence-corrected chi connectivity index (χ4v) is 2.14. The monoisotopic (exact) mass is 286 g/mol.